The van der Waals surface area contributed by atoms with Gasteiger partial charge in [0.05, 0.1) is 47.8 Å². The van der Waals surface area contributed by atoms with Gasteiger partial charge in [-0.2, -0.15) is 10.2 Å². The molecule has 0 unspecified atom stereocenters. The first kappa shape index (κ1) is 56.0. The number of hydrogen-bond donors (Lipinski definition) is 4. The van der Waals surface area contributed by atoms with Gasteiger partial charge in [0.15, 0.2) is 0 Å². The minimum atomic E-state index is -5.40. The van der Waals surface area contributed by atoms with Gasteiger partial charge in [0, 0.05) is 11.3 Å². The summed E-state index contributed by atoms with van der Waals surface area (Å²) in [5, 5.41) is 7.92. The van der Waals surface area contributed by atoms with Gasteiger partial charge in [-0.05, 0) is 96.3 Å². The van der Waals surface area contributed by atoms with Crippen molar-refractivity contribution in [3.05, 3.63) is 99.0 Å². The summed E-state index contributed by atoms with van der Waals surface area (Å²) in [6, 6.07) is 11.6. The van der Waals surface area contributed by atoms with Crippen LogP contribution in [0.3, 0.4) is 0 Å². The molecule has 28 heteroatoms. The number of allylic oxidation sites excluding steroid dienone is 2. The van der Waals surface area contributed by atoms with E-state index in [1.54, 1.807) is 44.2 Å². The van der Waals surface area contributed by atoms with Crippen molar-refractivity contribution < 1.29 is 180 Å². The van der Waals surface area contributed by atoms with Crippen LogP contribution in [0.25, 0.3) is 23.3 Å². The van der Waals surface area contributed by atoms with Crippen molar-refractivity contribution in [3.8, 4) is 11.1 Å². The first-order valence-electron chi connectivity index (χ1n) is 15.9. The number of hydrogen-bond acceptors (Lipinski definition) is 20. The van der Waals surface area contributed by atoms with E-state index in [2.05, 4.69) is 21.1 Å². The fourth-order valence-electron chi connectivity index (χ4n) is 6.03. The number of anilines is 4. The molecule has 0 aliphatic heterocycles. The summed E-state index contributed by atoms with van der Waals surface area (Å²) in [7, 11) is -21.2. The summed E-state index contributed by atoms with van der Waals surface area (Å²) in [5.41, 5.74) is 15.5. The van der Waals surface area contributed by atoms with Crippen molar-refractivity contribution in [2.24, 2.45) is 10.2 Å². The number of benzene rings is 4. The van der Waals surface area contributed by atoms with Crippen molar-refractivity contribution in [2.45, 2.75) is 28.5 Å². The molecule has 4 aromatic carbocycles. The predicted molar refractivity (Wildman–Crippen MR) is 204 cm³/mol. The van der Waals surface area contributed by atoms with Gasteiger partial charge in [-0.3, -0.25) is 20.4 Å². The number of rotatable bonds is 9. The topological polar surface area (TPSA) is 364 Å². The minimum Gasteiger partial charge on any atom is -0.744 e. The molecule has 0 amide bonds. The van der Waals surface area contributed by atoms with Gasteiger partial charge in [0.25, 0.3) is 0 Å². The summed E-state index contributed by atoms with van der Waals surface area (Å²) >= 11 is 0. The predicted octanol–water partition coefficient (Wildman–Crippen LogP) is -9.91. The Morgan fingerprint density at radius 2 is 1.10 bits per heavy atom. The van der Waals surface area contributed by atoms with Crippen LogP contribution in [0.4, 0.5) is 22.7 Å². The van der Waals surface area contributed by atoms with Gasteiger partial charge in [-0.1, -0.05) is 18.2 Å². The molecule has 0 spiro atoms. The van der Waals surface area contributed by atoms with Gasteiger partial charge in [0.1, 0.15) is 51.9 Å². The van der Waals surface area contributed by atoms with E-state index in [0.717, 1.165) is 24.3 Å². The Hall–Kier alpha value is -2.12. The molecule has 0 radical (unpaired) electrons. The van der Waals surface area contributed by atoms with Crippen LogP contribution in [0, 0.1) is 13.8 Å². The van der Waals surface area contributed by atoms with E-state index in [1.165, 1.54) is 6.07 Å². The fraction of sp³-hybridized carbons (Fsp3) is 0.0588. The molecular weight excluding hydrogens is 937 g/mol. The van der Waals surface area contributed by atoms with Crippen molar-refractivity contribution in [2.75, 3.05) is 22.3 Å². The maximum absolute atomic E-state index is 13.3. The Morgan fingerprint density at radius 3 is 1.56 bits per heavy atom. The first-order chi connectivity index (χ1) is 26.8. The number of nitrogen functional groups attached to an aromatic ring is 2. The number of nitrogens with one attached hydrogen (secondary N) is 2. The van der Waals surface area contributed by atoms with E-state index in [1.807, 2.05) is 0 Å². The van der Waals surface area contributed by atoms with E-state index in [0.29, 0.717) is 40.1 Å². The largest absolute Gasteiger partial charge is 1.00 e. The second-order valence-corrected chi connectivity index (χ2v) is 18.0. The number of Topliss-reactive ketones (excluding diaryl/α,β-unsaturated/α-hetero) is 2. The van der Waals surface area contributed by atoms with Crippen LogP contribution in [0.2, 0.25) is 0 Å². The molecular formula is C34H24N6Na4O14S4. The third-order valence-corrected chi connectivity index (χ3v) is 12.2. The number of nitrogens with zero attached hydrogens (tertiary/aromatic N) is 2. The third kappa shape index (κ3) is 11.6. The average Bonchev–Trinajstić information content (AvgIpc) is 3.09. The molecule has 0 bridgehead atoms. The minimum absolute atomic E-state index is 0. The van der Waals surface area contributed by atoms with Crippen LogP contribution < -0.4 is 141 Å². The number of carbonyl (C=O) groups excluding carboxylic acids is 2. The van der Waals surface area contributed by atoms with E-state index >= 15 is 0 Å². The standard InChI is InChI=1S/C34H28N6O14S4.4Na/c1-15-9-17(3-6-23(15)37-39-25-8-5-21-26(56(46,47)48)14-27(57(49,50)51)31(36)30(21)33(25)41)18-4-7-24(16(2)10-18)38-40-32-28(58(52,53)54)12-19-11-20(55(43,44)45)13-22(35)29(19)34(32)42;;;;/h3-14,37-38H,35-36H2,1-2H3,(H,43,44,45)(H,46,47,48)(H,49,50,51)(H,52,53,54);;;;/q;4*+1/p-4/b39-25+,40-32+;;;;. The number of hydrazone groups is 2. The second-order valence-electron chi connectivity index (χ2n) is 12.6. The molecule has 2 aliphatic carbocycles. The van der Waals surface area contributed by atoms with Crippen LogP contribution in [0.5, 0.6) is 0 Å². The summed E-state index contributed by atoms with van der Waals surface area (Å²) < 4.78 is 142. The molecule has 6 rings (SSSR count). The Balaban J connectivity index is 0.00000331. The quantitative estimate of drug-likeness (QED) is 0.0524. The molecule has 6 N–H and O–H groups in total. The molecule has 0 saturated carbocycles. The molecule has 0 atom stereocenters. The number of nitrogens with two attached hydrogens (primary N) is 2. The number of fused-ring (bicyclic) bond motifs is 2. The summed E-state index contributed by atoms with van der Waals surface area (Å²) in [6.45, 7) is 3.34. The van der Waals surface area contributed by atoms with E-state index in [4.69, 9.17) is 11.5 Å². The molecule has 62 heavy (non-hydrogen) atoms. The molecule has 0 fully saturated rings. The SMILES string of the molecule is Cc1cc(-c2ccc(N/N=C3\C=Cc4c(S(=O)(=O)[O-])cc(S(=O)(=O)[O-])c(N)c4C3=O)c(C)c2)ccc1N/N=C1/C(=O)c2c(N)cc(S(=O)(=O)[O-])cc2C=C1S(=O)(=O)[O-].[Na+].[Na+].[Na+].[Na+]. The maximum atomic E-state index is 13.3. The molecule has 2 aliphatic rings. The number of carbonyl (C=O) groups is 2. The summed E-state index contributed by atoms with van der Waals surface area (Å²) in [4.78, 5) is 22.3. The van der Waals surface area contributed by atoms with Crippen LogP contribution in [-0.4, -0.2) is 74.9 Å². The third-order valence-electron chi connectivity index (χ3n) is 8.80. The Morgan fingerprint density at radius 1 is 0.581 bits per heavy atom. The van der Waals surface area contributed by atoms with E-state index < -0.39 is 99.8 Å². The smallest absolute Gasteiger partial charge is 0.744 e. The van der Waals surface area contributed by atoms with Gasteiger partial charge >= 0.3 is 118 Å². The number of aryl methyl sites for hydroxylation is 2. The van der Waals surface area contributed by atoms with Crippen LogP contribution >= 0.6 is 0 Å². The zero-order chi connectivity index (χ0) is 42.9. The molecule has 302 valence electrons. The molecule has 20 nitrogen and oxygen atoms in total. The molecule has 0 aromatic heterocycles. The van der Waals surface area contributed by atoms with Crippen molar-refractivity contribution in [3.63, 3.8) is 0 Å². The van der Waals surface area contributed by atoms with Crippen LogP contribution in [0.1, 0.15) is 43.0 Å². The monoisotopic (exact) mass is 960 g/mol. The molecule has 0 saturated heterocycles. The first-order valence-corrected chi connectivity index (χ1v) is 21.5. The fourth-order valence-corrected chi connectivity index (χ4v) is 8.63. The van der Waals surface area contributed by atoms with Gasteiger partial charge in [-0.25, -0.2) is 33.7 Å². The van der Waals surface area contributed by atoms with Gasteiger partial charge in [0.2, 0.25) is 11.6 Å². The van der Waals surface area contributed by atoms with Crippen molar-refractivity contribution in [1.29, 1.82) is 0 Å². The zero-order valence-electron chi connectivity index (χ0n) is 33.3. The van der Waals surface area contributed by atoms with E-state index in [9.17, 15) is 61.5 Å². The van der Waals surface area contributed by atoms with E-state index in [-0.39, 0.29) is 141 Å². The molecule has 0 heterocycles. The second kappa shape index (κ2) is 20.6. The Bertz CT molecular complexity index is 3160. The normalized spacial score (nSPS) is 14.9. The molecule has 4 aromatic rings. The van der Waals surface area contributed by atoms with Crippen molar-refractivity contribution in [1.82, 2.24) is 0 Å². The van der Waals surface area contributed by atoms with Crippen molar-refractivity contribution >= 4 is 98.4 Å². The summed E-state index contributed by atoms with van der Waals surface area (Å²) in [5.74, 6) is -2.20. The zero-order valence-corrected chi connectivity index (χ0v) is 44.6. The average molecular weight is 961 g/mol. The Labute approximate surface area is 443 Å². The van der Waals surface area contributed by atoms with Crippen LogP contribution in [0.15, 0.2) is 90.5 Å². The number of ketones is 2. The summed E-state index contributed by atoms with van der Waals surface area (Å²) in [6.07, 6.45) is 2.79. The van der Waals surface area contributed by atoms with Gasteiger partial charge in [-0.15, -0.1) is 0 Å². The Kier molecular flexibility index (Phi) is 18.6. The van der Waals surface area contributed by atoms with Crippen LogP contribution in [-0.2, 0) is 40.5 Å². The van der Waals surface area contributed by atoms with Gasteiger partial charge < -0.3 is 29.7 Å². The maximum Gasteiger partial charge on any atom is 1.00 e.